The largest absolute Gasteiger partial charge is 0.469 e. The van der Waals surface area contributed by atoms with E-state index in [4.69, 9.17) is 10.00 Å². The van der Waals surface area contributed by atoms with Crippen LogP contribution in [0.1, 0.15) is 50.1 Å². The summed E-state index contributed by atoms with van der Waals surface area (Å²) in [7, 11) is 1.26. The lowest BCUT2D eigenvalue weighted by Gasteiger charge is -2.24. The highest BCUT2D eigenvalue weighted by atomic mass is 16.6. The number of nitriles is 1. The Morgan fingerprint density at radius 1 is 1.22 bits per heavy atom. The molecule has 2 aromatic rings. The van der Waals surface area contributed by atoms with Gasteiger partial charge < -0.3 is 24.7 Å². The molecule has 2 rings (SSSR count). The second-order valence-electron chi connectivity index (χ2n) is 7.95. The Balaban J connectivity index is 2.23. The van der Waals surface area contributed by atoms with Gasteiger partial charge in [-0.05, 0) is 38.5 Å². The lowest BCUT2D eigenvalue weighted by molar-refractivity contribution is -0.140. The molecule has 10 heteroatoms. The van der Waals surface area contributed by atoms with Crippen molar-refractivity contribution in [3.05, 3.63) is 53.6 Å². The fourth-order valence-electron chi connectivity index (χ4n) is 2.78. The van der Waals surface area contributed by atoms with Gasteiger partial charge >= 0.3 is 12.1 Å². The molecule has 0 aliphatic carbocycles. The number of methoxy groups -OCH3 is 1. The van der Waals surface area contributed by atoms with E-state index in [1.807, 2.05) is 0 Å². The minimum atomic E-state index is -1.11. The Hall–Kier alpha value is -3.87. The summed E-state index contributed by atoms with van der Waals surface area (Å²) in [5, 5.41) is 14.2. The number of rotatable bonds is 8. The fourth-order valence-corrected chi connectivity index (χ4v) is 2.78. The monoisotopic (exact) mass is 441 g/mol. The second kappa shape index (κ2) is 10.9. The number of imidazole rings is 1. The van der Waals surface area contributed by atoms with Gasteiger partial charge in [0.2, 0.25) is 5.91 Å². The fraction of sp³-hybridized carbons (Fsp3) is 0.409. The number of nitrogens with zero attached hydrogens (tertiary/aromatic N) is 3. The van der Waals surface area contributed by atoms with Gasteiger partial charge in [0, 0.05) is 13.1 Å². The van der Waals surface area contributed by atoms with E-state index in [9.17, 15) is 14.4 Å². The van der Waals surface area contributed by atoms with Gasteiger partial charge in [0.05, 0.1) is 43.4 Å². The molecule has 2 amide bonds. The molecule has 170 valence electrons. The Morgan fingerprint density at radius 2 is 1.91 bits per heavy atom. The van der Waals surface area contributed by atoms with Crippen LogP contribution < -0.4 is 10.6 Å². The summed E-state index contributed by atoms with van der Waals surface area (Å²) in [5.41, 5.74) is 1.09. The number of benzene rings is 1. The summed E-state index contributed by atoms with van der Waals surface area (Å²) in [4.78, 5) is 40.7. The van der Waals surface area contributed by atoms with Crippen LogP contribution in [0.2, 0.25) is 0 Å². The molecule has 1 unspecified atom stereocenters. The molecule has 1 aromatic heterocycles. The smallest absolute Gasteiger partial charge is 0.408 e. The van der Waals surface area contributed by atoms with Crippen LogP contribution in [0.25, 0.3) is 0 Å². The predicted octanol–water partition coefficient (Wildman–Crippen LogP) is 2.05. The van der Waals surface area contributed by atoms with E-state index in [2.05, 4.69) is 26.4 Å². The van der Waals surface area contributed by atoms with Crippen molar-refractivity contribution in [2.75, 3.05) is 13.7 Å². The quantitative estimate of drug-likeness (QED) is 0.599. The maximum absolute atomic E-state index is 12.9. The van der Waals surface area contributed by atoms with Crippen LogP contribution in [0.3, 0.4) is 0 Å². The van der Waals surface area contributed by atoms with Crippen LogP contribution in [0.15, 0.2) is 36.8 Å². The summed E-state index contributed by atoms with van der Waals surface area (Å²) in [6, 6.07) is 7.95. The van der Waals surface area contributed by atoms with Gasteiger partial charge in [0.15, 0.2) is 6.04 Å². The van der Waals surface area contributed by atoms with Crippen molar-refractivity contribution < 1.29 is 23.9 Å². The van der Waals surface area contributed by atoms with Gasteiger partial charge in [-0.1, -0.05) is 12.1 Å². The van der Waals surface area contributed by atoms with Gasteiger partial charge in [-0.3, -0.25) is 9.59 Å². The number of ether oxygens (including phenoxy) is 2. The van der Waals surface area contributed by atoms with Gasteiger partial charge in [0.1, 0.15) is 5.60 Å². The molecular weight excluding hydrogens is 414 g/mol. The minimum Gasteiger partial charge on any atom is -0.469 e. The Morgan fingerprint density at radius 3 is 2.50 bits per heavy atom. The lowest BCUT2D eigenvalue weighted by atomic mass is 10.1. The maximum atomic E-state index is 12.9. The molecule has 0 saturated heterocycles. The van der Waals surface area contributed by atoms with Crippen molar-refractivity contribution in [1.82, 2.24) is 20.2 Å². The van der Waals surface area contributed by atoms with Gasteiger partial charge in [-0.15, -0.1) is 0 Å². The van der Waals surface area contributed by atoms with E-state index in [0.717, 1.165) is 5.56 Å². The third-order valence-electron chi connectivity index (χ3n) is 4.26. The standard InChI is InChI=1S/C22H27N5O5/c1-22(2,3)32-21(30)26-19(20(29)25-10-9-18(28)31-4)17-12-24-14-27(17)13-16-7-5-15(11-23)6-8-16/h5-8,12,14,19H,9-10,13H2,1-4H3,(H,25,29)(H,26,30). The summed E-state index contributed by atoms with van der Waals surface area (Å²) < 4.78 is 11.6. The van der Waals surface area contributed by atoms with Crippen LogP contribution in [-0.4, -0.2) is 46.8 Å². The molecule has 0 fully saturated rings. The van der Waals surface area contributed by atoms with Crippen LogP contribution in [0.5, 0.6) is 0 Å². The summed E-state index contributed by atoms with van der Waals surface area (Å²) in [5.74, 6) is -0.992. The third-order valence-corrected chi connectivity index (χ3v) is 4.26. The molecule has 0 radical (unpaired) electrons. The molecule has 1 heterocycles. The Labute approximate surface area is 186 Å². The number of esters is 1. The van der Waals surface area contributed by atoms with Crippen LogP contribution in [0, 0.1) is 11.3 Å². The molecule has 0 aliphatic heterocycles. The van der Waals surface area contributed by atoms with Crippen molar-refractivity contribution in [3.63, 3.8) is 0 Å². The summed E-state index contributed by atoms with van der Waals surface area (Å²) >= 11 is 0. The normalized spacial score (nSPS) is 11.7. The highest BCUT2D eigenvalue weighted by molar-refractivity contribution is 5.86. The number of amides is 2. The van der Waals surface area contributed by atoms with Gasteiger partial charge in [0.25, 0.3) is 0 Å². The number of hydrogen-bond acceptors (Lipinski definition) is 7. The first-order chi connectivity index (χ1) is 15.1. The lowest BCUT2D eigenvalue weighted by Crippen LogP contribution is -2.43. The van der Waals surface area contributed by atoms with E-state index in [1.165, 1.54) is 13.3 Å². The minimum absolute atomic E-state index is 0.00803. The molecular formula is C22H27N5O5. The first-order valence-corrected chi connectivity index (χ1v) is 9.96. The molecule has 2 N–H and O–H groups in total. The molecule has 1 atom stereocenters. The van der Waals surface area contributed by atoms with E-state index < -0.39 is 29.6 Å². The highest BCUT2D eigenvalue weighted by Crippen LogP contribution is 2.17. The molecule has 0 bridgehead atoms. The number of carbonyl (C=O) groups excluding carboxylic acids is 3. The average molecular weight is 441 g/mol. The average Bonchev–Trinajstić information content (AvgIpc) is 3.18. The highest BCUT2D eigenvalue weighted by Gasteiger charge is 2.28. The van der Waals surface area contributed by atoms with Crippen molar-refractivity contribution in [3.8, 4) is 6.07 Å². The van der Waals surface area contributed by atoms with Gasteiger partial charge in [-0.2, -0.15) is 5.26 Å². The molecule has 0 saturated carbocycles. The third kappa shape index (κ3) is 7.43. The van der Waals surface area contributed by atoms with E-state index in [-0.39, 0.29) is 13.0 Å². The SMILES string of the molecule is COC(=O)CCNC(=O)C(NC(=O)OC(C)(C)C)c1cncn1Cc1ccc(C#N)cc1. The van der Waals surface area contributed by atoms with Gasteiger partial charge in [-0.25, -0.2) is 9.78 Å². The zero-order valence-electron chi connectivity index (χ0n) is 18.5. The topological polar surface area (TPSA) is 135 Å². The molecule has 0 spiro atoms. The van der Waals surface area contributed by atoms with E-state index in [1.54, 1.807) is 55.9 Å². The Kier molecular flexibility index (Phi) is 8.35. The van der Waals surface area contributed by atoms with Crippen LogP contribution in [0.4, 0.5) is 4.79 Å². The zero-order chi connectivity index (χ0) is 23.7. The van der Waals surface area contributed by atoms with Crippen molar-refractivity contribution in [1.29, 1.82) is 5.26 Å². The molecule has 0 aliphatic rings. The Bertz CT molecular complexity index is 985. The first-order valence-electron chi connectivity index (χ1n) is 9.96. The second-order valence-corrected chi connectivity index (χ2v) is 7.95. The number of aromatic nitrogens is 2. The maximum Gasteiger partial charge on any atom is 0.408 e. The number of hydrogen-bond donors (Lipinski definition) is 2. The van der Waals surface area contributed by atoms with Crippen molar-refractivity contribution in [2.24, 2.45) is 0 Å². The molecule has 1 aromatic carbocycles. The summed E-state index contributed by atoms with van der Waals surface area (Å²) in [6.45, 7) is 5.55. The van der Waals surface area contributed by atoms with E-state index in [0.29, 0.717) is 17.8 Å². The number of nitrogens with one attached hydrogen (secondary N) is 2. The van der Waals surface area contributed by atoms with Crippen molar-refractivity contribution >= 4 is 18.0 Å². The van der Waals surface area contributed by atoms with E-state index >= 15 is 0 Å². The molecule has 32 heavy (non-hydrogen) atoms. The summed E-state index contributed by atoms with van der Waals surface area (Å²) in [6.07, 6.45) is 2.24. The molecule has 10 nitrogen and oxygen atoms in total. The first kappa shape index (κ1) is 24.4. The van der Waals surface area contributed by atoms with Crippen LogP contribution in [-0.2, 0) is 25.6 Å². The number of alkyl carbamates (subject to hydrolysis) is 1. The predicted molar refractivity (Wildman–Crippen MR) is 114 cm³/mol. The van der Waals surface area contributed by atoms with Crippen molar-refractivity contribution in [2.45, 2.75) is 45.4 Å². The van der Waals surface area contributed by atoms with Crippen LogP contribution >= 0.6 is 0 Å². The zero-order valence-corrected chi connectivity index (χ0v) is 18.5. The number of carbonyl (C=O) groups is 3.